The number of alkyl halides is 3. The minimum atomic E-state index is -4.72. The van der Waals surface area contributed by atoms with E-state index in [1.807, 2.05) is 6.07 Å². The fourth-order valence-corrected chi connectivity index (χ4v) is 3.44. The predicted molar refractivity (Wildman–Crippen MR) is 110 cm³/mol. The highest BCUT2D eigenvalue weighted by Crippen LogP contribution is 2.32. The molecule has 10 heteroatoms. The number of nitrogens with zero attached hydrogens (tertiary/aromatic N) is 4. The Morgan fingerprint density at radius 2 is 1.88 bits per heavy atom. The van der Waals surface area contributed by atoms with Gasteiger partial charge >= 0.3 is 6.18 Å². The number of anilines is 1. The molecule has 4 heterocycles. The van der Waals surface area contributed by atoms with Gasteiger partial charge in [0, 0.05) is 17.1 Å². The van der Waals surface area contributed by atoms with Crippen LogP contribution >= 0.6 is 0 Å². The summed E-state index contributed by atoms with van der Waals surface area (Å²) in [5, 5.41) is 7.30. The highest BCUT2D eigenvalue weighted by molar-refractivity contribution is 6.08. The molecular formula is C22H14F3N5O2. The zero-order valence-electron chi connectivity index (χ0n) is 16.5. The van der Waals surface area contributed by atoms with Crippen LogP contribution in [0.3, 0.4) is 0 Å². The Kier molecular flexibility index (Phi) is 4.43. The molecule has 0 aliphatic heterocycles. The van der Waals surface area contributed by atoms with Crippen molar-refractivity contribution in [3.05, 3.63) is 77.9 Å². The number of hydrogen-bond donors (Lipinski definition) is 1. The van der Waals surface area contributed by atoms with Crippen molar-refractivity contribution in [1.82, 2.24) is 19.6 Å². The van der Waals surface area contributed by atoms with E-state index in [2.05, 4.69) is 20.4 Å². The monoisotopic (exact) mass is 437 g/mol. The van der Waals surface area contributed by atoms with Crippen molar-refractivity contribution >= 4 is 28.1 Å². The van der Waals surface area contributed by atoms with Gasteiger partial charge in [0.1, 0.15) is 5.69 Å². The summed E-state index contributed by atoms with van der Waals surface area (Å²) in [4.78, 5) is 21.5. The summed E-state index contributed by atoms with van der Waals surface area (Å²) >= 11 is 0. The Morgan fingerprint density at radius 3 is 2.62 bits per heavy atom. The standard InChI is InChI=1S/C22H14F3N5O2/c1-12-9-15(13-5-2-3-6-14(13)26-12)28-21(31)17-11-20-27-16(18-7-4-8-32-18)10-19(22(23,24)25)30(20)29-17/h2-11H,1H3,(H,26,28,31). The average molecular weight is 437 g/mol. The van der Waals surface area contributed by atoms with Crippen LogP contribution in [0, 0.1) is 6.92 Å². The topological polar surface area (TPSA) is 85.3 Å². The van der Waals surface area contributed by atoms with Crippen LogP contribution in [-0.4, -0.2) is 25.5 Å². The number of halogens is 3. The quantitative estimate of drug-likeness (QED) is 0.424. The van der Waals surface area contributed by atoms with Crippen molar-refractivity contribution in [3.63, 3.8) is 0 Å². The van der Waals surface area contributed by atoms with E-state index in [9.17, 15) is 18.0 Å². The van der Waals surface area contributed by atoms with Gasteiger partial charge in [0.05, 0.1) is 17.5 Å². The second-order valence-electron chi connectivity index (χ2n) is 7.08. The molecule has 0 saturated heterocycles. The van der Waals surface area contributed by atoms with Crippen molar-refractivity contribution in [1.29, 1.82) is 0 Å². The summed E-state index contributed by atoms with van der Waals surface area (Å²) in [5.41, 5.74) is 0.413. The number of rotatable bonds is 3. The number of nitrogens with one attached hydrogen (secondary N) is 1. The van der Waals surface area contributed by atoms with Crippen LogP contribution in [0.4, 0.5) is 18.9 Å². The van der Waals surface area contributed by atoms with Gasteiger partial charge in [-0.15, -0.1) is 0 Å². The van der Waals surface area contributed by atoms with Crippen LogP contribution in [0.1, 0.15) is 21.9 Å². The van der Waals surface area contributed by atoms with Crippen LogP contribution in [-0.2, 0) is 6.18 Å². The van der Waals surface area contributed by atoms with E-state index in [1.165, 1.54) is 18.4 Å². The number of benzene rings is 1. The van der Waals surface area contributed by atoms with Crippen LogP contribution in [0.25, 0.3) is 28.0 Å². The first-order chi connectivity index (χ1) is 15.3. The van der Waals surface area contributed by atoms with Gasteiger partial charge in [-0.25, -0.2) is 9.50 Å². The number of aromatic nitrogens is 4. The number of para-hydroxylation sites is 1. The number of carbonyl (C=O) groups is 1. The molecule has 0 saturated carbocycles. The summed E-state index contributed by atoms with van der Waals surface area (Å²) < 4.78 is 46.9. The Balaban J connectivity index is 1.59. The first-order valence-electron chi connectivity index (χ1n) is 9.49. The Morgan fingerprint density at radius 1 is 1.06 bits per heavy atom. The van der Waals surface area contributed by atoms with Gasteiger partial charge in [-0.05, 0) is 37.3 Å². The number of amides is 1. The van der Waals surface area contributed by atoms with Crippen molar-refractivity contribution in [2.45, 2.75) is 13.1 Å². The molecule has 0 aliphatic rings. The van der Waals surface area contributed by atoms with Crippen molar-refractivity contribution < 1.29 is 22.4 Å². The Labute approximate surface area is 178 Å². The molecule has 1 amide bonds. The molecule has 5 aromatic rings. The van der Waals surface area contributed by atoms with Gasteiger partial charge in [0.2, 0.25) is 0 Å². The van der Waals surface area contributed by atoms with E-state index in [0.717, 1.165) is 6.07 Å². The smallest absolute Gasteiger partial charge is 0.433 e. The number of carbonyl (C=O) groups excluding carboxylic acids is 1. The number of hydrogen-bond acceptors (Lipinski definition) is 5. The third-order valence-corrected chi connectivity index (χ3v) is 4.82. The Hall–Kier alpha value is -4.21. The second kappa shape index (κ2) is 7.19. The Bertz CT molecular complexity index is 1470. The summed E-state index contributed by atoms with van der Waals surface area (Å²) in [6, 6.07) is 14.0. The third kappa shape index (κ3) is 3.45. The summed E-state index contributed by atoms with van der Waals surface area (Å²) in [6.07, 6.45) is -3.38. The lowest BCUT2D eigenvalue weighted by molar-refractivity contribution is -0.142. The third-order valence-electron chi connectivity index (χ3n) is 4.82. The van der Waals surface area contributed by atoms with Crippen LogP contribution < -0.4 is 5.32 Å². The fourth-order valence-electron chi connectivity index (χ4n) is 3.44. The molecule has 0 bridgehead atoms. The van der Waals surface area contributed by atoms with Gasteiger partial charge in [0.15, 0.2) is 22.8 Å². The molecule has 0 aliphatic carbocycles. The highest BCUT2D eigenvalue weighted by Gasteiger charge is 2.36. The maximum absolute atomic E-state index is 13.7. The van der Waals surface area contributed by atoms with E-state index in [-0.39, 0.29) is 22.8 Å². The summed E-state index contributed by atoms with van der Waals surface area (Å²) in [6.45, 7) is 1.78. The largest absolute Gasteiger partial charge is 0.463 e. The maximum Gasteiger partial charge on any atom is 0.433 e. The van der Waals surface area contributed by atoms with Crippen molar-refractivity contribution in [2.75, 3.05) is 5.32 Å². The molecule has 1 N–H and O–H groups in total. The highest BCUT2D eigenvalue weighted by atomic mass is 19.4. The molecule has 0 radical (unpaired) electrons. The lowest BCUT2D eigenvalue weighted by Gasteiger charge is -2.10. The number of furan rings is 1. The van der Waals surface area contributed by atoms with Gasteiger partial charge in [-0.3, -0.25) is 9.78 Å². The molecule has 160 valence electrons. The van der Waals surface area contributed by atoms with Gasteiger partial charge < -0.3 is 9.73 Å². The lowest BCUT2D eigenvalue weighted by atomic mass is 10.1. The number of fused-ring (bicyclic) bond motifs is 2. The van der Waals surface area contributed by atoms with Crippen LogP contribution in [0.15, 0.2) is 65.3 Å². The summed E-state index contributed by atoms with van der Waals surface area (Å²) in [7, 11) is 0. The molecule has 7 nitrogen and oxygen atoms in total. The molecule has 0 fully saturated rings. The zero-order valence-corrected chi connectivity index (χ0v) is 16.5. The minimum absolute atomic E-state index is 0.0163. The SMILES string of the molecule is Cc1cc(NC(=O)c2cc3nc(-c4ccco4)cc(C(F)(F)F)n3n2)c2ccccc2n1. The molecule has 0 spiro atoms. The lowest BCUT2D eigenvalue weighted by Crippen LogP contribution is -2.16. The van der Waals surface area contributed by atoms with E-state index in [0.29, 0.717) is 26.8 Å². The van der Waals surface area contributed by atoms with E-state index < -0.39 is 17.8 Å². The van der Waals surface area contributed by atoms with Gasteiger partial charge in [-0.2, -0.15) is 18.3 Å². The van der Waals surface area contributed by atoms with E-state index in [4.69, 9.17) is 4.42 Å². The summed E-state index contributed by atoms with van der Waals surface area (Å²) in [5.74, 6) is -0.497. The molecule has 1 aromatic carbocycles. The first kappa shape index (κ1) is 19.7. The van der Waals surface area contributed by atoms with Crippen LogP contribution in [0.5, 0.6) is 0 Å². The van der Waals surface area contributed by atoms with E-state index in [1.54, 1.807) is 37.3 Å². The molecule has 5 rings (SSSR count). The molecular weight excluding hydrogens is 423 g/mol. The first-order valence-corrected chi connectivity index (χ1v) is 9.49. The van der Waals surface area contributed by atoms with Gasteiger partial charge in [0.25, 0.3) is 5.91 Å². The molecule has 0 unspecified atom stereocenters. The predicted octanol–water partition coefficient (Wildman–Crippen LogP) is 5.12. The molecule has 0 atom stereocenters. The van der Waals surface area contributed by atoms with Crippen molar-refractivity contribution in [3.8, 4) is 11.5 Å². The normalized spacial score (nSPS) is 11.9. The maximum atomic E-state index is 13.7. The number of pyridine rings is 1. The minimum Gasteiger partial charge on any atom is -0.463 e. The van der Waals surface area contributed by atoms with Gasteiger partial charge in [-0.1, -0.05) is 18.2 Å². The fraction of sp³-hybridized carbons (Fsp3) is 0.0909. The average Bonchev–Trinajstić information content (AvgIpc) is 3.42. The molecule has 32 heavy (non-hydrogen) atoms. The molecule has 4 aromatic heterocycles. The van der Waals surface area contributed by atoms with Crippen molar-refractivity contribution in [2.24, 2.45) is 0 Å². The van der Waals surface area contributed by atoms with Crippen LogP contribution in [0.2, 0.25) is 0 Å². The number of aryl methyl sites for hydroxylation is 1. The van der Waals surface area contributed by atoms with E-state index >= 15 is 0 Å². The zero-order chi connectivity index (χ0) is 22.5. The second-order valence-corrected chi connectivity index (χ2v) is 7.08.